The maximum Gasteiger partial charge on any atom is 0.204 e. The van der Waals surface area contributed by atoms with Gasteiger partial charge in [-0.1, -0.05) is 41.4 Å². The maximum absolute atomic E-state index is 12.9. The molecule has 0 atom stereocenters. The minimum absolute atomic E-state index is 0.0882. The molecule has 1 aromatic heterocycles. The van der Waals surface area contributed by atoms with E-state index >= 15 is 0 Å². The standard InChI is InChI=1S/C23H16Cl2O5/c1-28-15-5-3-14(4-6-15)17-12-30-21-10-16(9-20(26)22(21)23(17)27)29-11-13-2-7-18(24)19(25)8-13/h2-10,12,26H,11H2,1H3. The van der Waals surface area contributed by atoms with Gasteiger partial charge in [-0.2, -0.15) is 0 Å². The van der Waals surface area contributed by atoms with E-state index in [-0.39, 0.29) is 28.8 Å². The Kier molecular flexibility index (Phi) is 5.57. The molecule has 1 N–H and O–H groups in total. The summed E-state index contributed by atoms with van der Waals surface area (Å²) < 4.78 is 16.5. The van der Waals surface area contributed by atoms with E-state index in [1.807, 2.05) is 0 Å². The molecule has 0 aliphatic heterocycles. The molecule has 4 rings (SSSR count). The predicted octanol–water partition coefficient (Wildman–Crippen LogP) is 6.06. The zero-order valence-corrected chi connectivity index (χ0v) is 17.3. The van der Waals surface area contributed by atoms with E-state index in [1.165, 1.54) is 12.3 Å². The molecular formula is C23H16Cl2O5. The molecule has 5 nitrogen and oxygen atoms in total. The van der Waals surface area contributed by atoms with Gasteiger partial charge in [-0.05, 0) is 35.4 Å². The summed E-state index contributed by atoms with van der Waals surface area (Å²) in [6.45, 7) is 0.204. The average Bonchev–Trinajstić information content (AvgIpc) is 2.75. The molecule has 7 heteroatoms. The van der Waals surface area contributed by atoms with Crippen LogP contribution in [-0.2, 0) is 6.61 Å². The second kappa shape index (κ2) is 8.30. The summed E-state index contributed by atoms with van der Waals surface area (Å²) in [5.41, 5.74) is 1.69. The first kappa shape index (κ1) is 20.1. The largest absolute Gasteiger partial charge is 0.507 e. The summed E-state index contributed by atoms with van der Waals surface area (Å²) in [4.78, 5) is 12.9. The molecular weight excluding hydrogens is 427 g/mol. The number of hydrogen-bond acceptors (Lipinski definition) is 5. The lowest BCUT2D eigenvalue weighted by Crippen LogP contribution is -2.05. The third-order valence-corrected chi connectivity index (χ3v) is 5.36. The van der Waals surface area contributed by atoms with Crippen LogP contribution in [0.25, 0.3) is 22.1 Å². The molecule has 30 heavy (non-hydrogen) atoms. The first-order valence-electron chi connectivity index (χ1n) is 8.96. The minimum atomic E-state index is -0.338. The molecule has 0 saturated heterocycles. The van der Waals surface area contributed by atoms with Crippen molar-refractivity contribution in [1.82, 2.24) is 0 Å². The van der Waals surface area contributed by atoms with E-state index in [2.05, 4.69) is 0 Å². The Hall–Kier alpha value is -3.15. The molecule has 4 aromatic rings. The van der Waals surface area contributed by atoms with E-state index in [0.717, 1.165) is 5.56 Å². The van der Waals surface area contributed by atoms with Crippen LogP contribution in [0.15, 0.2) is 70.1 Å². The fraction of sp³-hybridized carbons (Fsp3) is 0.0870. The van der Waals surface area contributed by atoms with Gasteiger partial charge in [0, 0.05) is 12.1 Å². The molecule has 0 amide bonds. The van der Waals surface area contributed by atoms with E-state index in [4.69, 9.17) is 37.1 Å². The molecule has 0 bridgehead atoms. The summed E-state index contributed by atoms with van der Waals surface area (Å²) in [5, 5.41) is 11.4. The highest BCUT2D eigenvalue weighted by atomic mass is 35.5. The Balaban J connectivity index is 1.65. The van der Waals surface area contributed by atoms with Crippen molar-refractivity contribution in [2.24, 2.45) is 0 Å². The molecule has 152 valence electrons. The molecule has 3 aromatic carbocycles. The van der Waals surface area contributed by atoms with Crippen LogP contribution in [0, 0.1) is 0 Å². The third-order valence-electron chi connectivity index (χ3n) is 4.62. The van der Waals surface area contributed by atoms with E-state index in [9.17, 15) is 9.90 Å². The number of ether oxygens (including phenoxy) is 2. The van der Waals surface area contributed by atoms with E-state index in [0.29, 0.717) is 32.7 Å². The predicted molar refractivity (Wildman–Crippen MR) is 117 cm³/mol. The number of benzene rings is 3. The Morgan fingerprint density at radius 2 is 1.73 bits per heavy atom. The van der Waals surface area contributed by atoms with Crippen molar-refractivity contribution in [3.05, 3.63) is 86.7 Å². The molecule has 0 radical (unpaired) electrons. The summed E-state index contributed by atoms with van der Waals surface area (Å²) in [7, 11) is 1.57. The zero-order chi connectivity index (χ0) is 21.3. The summed E-state index contributed by atoms with van der Waals surface area (Å²) >= 11 is 11.9. The molecule has 0 unspecified atom stereocenters. The van der Waals surface area contributed by atoms with Crippen molar-refractivity contribution < 1.29 is 19.0 Å². The highest BCUT2D eigenvalue weighted by Gasteiger charge is 2.15. The summed E-state index contributed by atoms with van der Waals surface area (Å²) in [5.74, 6) is 0.808. The van der Waals surface area contributed by atoms with Crippen molar-refractivity contribution in [3.8, 4) is 28.4 Å². The van der Waals surface area contributed by atoms with E-state index in [1.54, 1.807) is 55.6 Å². The summed E-state index contributed by atoms with van der Waals surface area (Å²) in [6.07, 6.45) is 1.37. The second-order valence-corrected chi connectivity index (χ2v) is 7.37. The number of hydrogen-bond donors (Lipinski definition) is 1. The second-order valence-electron chi connectivity index (χ2n) is 6.56. The average molecular weight is 443 g/mol. The first-order chi connectivity index (χ1) is 14.5. The number of rotatable bonds is 5. The minimum Gasteiger partial charge on any atom is -0.507 e. The SMILES string of the molecule is COc1ccc(-c2coc3cc(OCc4ccc(Cl)c(Cl)c4)cc(O)c3c2=O)cc1. The van der Waals surface area contributed by atoms with Crippen LogP contribution in [0.5, 0.6) is 17.2 Å². The number of phenols is 1. The van der Waals surface area contributed by atoms with Crippen molar-refractivity contribution in [3.63, 3.8) is 0 Å². The first-order valence-corrected chi connectivity index (χ1v) is 9.71. The van der Waals surface area contributed by atoms with Gasteiger partial charge in [-0.25, -0.2) is 0 Å². The van der Waals surface area contributed by atoms with Crippen LogP contribution < -0.4 is 14.9 Å². The number of aromatic hydroxyl groups is 1. The third kappa shape index (κ3) is 3.95. The van der Waals surface area contributed by atoms with Crippen LogP contribution in [0.3, 0.4) is 0 Å². The van der Waals surface area contributed by atoms with Crippen molar-refractivity contribution in [2.75, 3.05) is 7.11 Å². The van der Waals surface area contributed by atoms with Crippen molar-refractivity contribution in [2.45, 2.75) is 6.61 Å². The van der Waals surface area contributed by atoms with Gasteiger partial charge in [0.15, 0.2) is 0 Å². The fourth-order valence-electron chi connectivity index (χ4n) is 3.06. The van der Waals surface area contributed by atoms with Crippen LogP contribution >= 0.6 is 23.2 Å². The summed E-state index contributed by atoms with van der Waals surface area (Å²) in [6, 6.07) is 15.1. The van der Waals surface area contributed by atoms with Gasteiger partial charge in [0.2, 0.25) is 5.43 Å². The van der Waals surface area contributed by atoms with Gasteiger partial charge in [0.05, 0.1) is 22.7 Å². The lowest BCUT2D eigenvalue weighted by molar-refractivity contribution is 0.304. The Morgan fingerprint density at radius 3 is 2.43 bits per heavy atom. The molecule has 0 saturated carbocycles. The van der Waals surface area contributed by atoms with Gasteiger partial charge in [-0.15, -0.1) is 0 Å². The zero-order valence-electron chi connectivity index (χ0n) is 15.8. The number of halogens is 2. The van der Waals surface area contributed by atoms with Crippen molar-refractivity contribution in [1.29, 1.82) is 0 Å². The van der Waals surface area contributed by atoms with Crippen LogP contribution in [-0.4, -0.2) is 12.2 Å². The quantitative estimate of drug-likeness (QED) is 0.406. The van der Waals surface area contributed by atoms with Crippen molar-refractivity contribution >= 4 is 34.2 Å². The van der Waals surface area contributed by atoms with Crippen LogP contribution in [0.2, 0.25) is 10.0 Å². The maximum atomic E-state index is 12.9. The monoisotopic (exact) mass is 442 g/mol. The molecule has 0 fully saturated rings. The molecule has 0 aliphatic carbocycles. The fourth-order valence-corrected chi connectivity index (χ4v) is 3.38. The lowest BCUT2D eigenvalue weighted by atomic mass is 10.0. The van der Waals surface area contributed by atoms with Crippen LogP contribution in [0.1, 0.15) is 5.56 Å². The van der Waals surface area contributed by atoms with Gasteiger partial charge < -0.3 is 19.0 Å². The van der Waals surface area contributed by atoms with Gasteiger partial charge in [-0.3, -0.25) is 4.79 Å². The topological polar surface area (TPSA) is 68.9 Å². The highest BCUT2D eigenvalue weighted by molar-refractivity contribution is 6.42. The molecule has 1 heterocycles. The Labute approximate surface area is 182 Å². The lowest BCUT2D eigenvalue weighted by Gasteiger charge is -2.10. The number of fused-ring (bicyclic) bond motifs is 1. The highest BCUT2D eigenvalue weighted by Crippen LogP contribution is 2.31. The Morgan fingerprint density at radius 1 is 0.967 bits per heavy atom. The van der Waals surface area contributed by atoms with Gasteiger partial charge in [0.1, 0.15) is 41.1 Å². The smallest absolute Gasteiger partial charge is 0.204 e. The molecule has 0 aliphatic rings. The number of phenolic OH excluding ortho intramolecular Hbond substituents is 1. The van der Waals surface area contributed by atoms with E-state index < -0.39 is 0 Å². The van der Waals surface area contributed by atoms with Crippen LogP contribution in [0.4, 0.5) is 0 Å². The van der Waals surface area contributed by atoms with Gasteiger partial charge >= 0.3 is 0 Å². The van der Waals surface area contributed by atoms with Gasteiger partial charge in [0.25, 0.3) is 0 Å². The normalized spacial score (nSPS) is 10.9. The molecule has 0 spiro atoms. The number of methoxy groups -OCH3 is 1. The Bertz CT molecular complexity index is 1280.